The number of ketones is 1. The fraction of sp³-hybridized carbons (Fsp3) is 0.211. The predicted molar refractivity (Wildman–Crippen MR) is 105 cm³/mol. The van der Waals surface area contributed by atoms with Gasteiger partial charge in [-0.2, -0.15) is 0 Å². The lowest BCUT2D eigenvalue weighted by Gasteiger charge is -2.31. The molecule has 7 nitrogen and oxygen atoms in total. The fourth-order valence-corrected chi connectivity index (χ4v) is 3.12. The molecule has 1 aromatic carbocycles. The van der Waals surface area contributed by atoms with Gasteiger partial charge in [0.2, 0.25) is 0 Å². The molecule has 4 rings (SSSR count). The molecule has 2 aliphatic heterocycles. The second kappa shape index (κ2) is 7.67. The van der Waals surface area contributed by atoms with Gasteiger partial charge in [0.1, 0.15) is 11.7 Å². The first-order valence-electron chi connectivity index (χ1n) is 8.22. The zero-order valence-corrected chi connectivity index (χ0v) is 15.7. The van der Waals surface area contributed by atoms with E-state index in [2.05, 4.69) is 15.3 Å². The van der Waals surface area contributed by atoms with Crippen molar-refractivity contribution in [3.05, 3.63) is 59.7 Å². The van der Waals surface area contributed by atoms with Crippen LogP contribution in [0.15, 0.2) is 53.5 Å². The van der Waals surface area contributed by atoms with Crippen molar-refractivity contribution in [2.75, 3.05) is 32.6 Å². The van der Waals surface area contributed by atoms with Gasteiger partial charge in [-0.1, -0.05) is 0 Å². The number of rotatable bonds is 4. The average molecular weight is 387 g/mol. The van der Waals surface area contributed by atoms with E-state index in [0.717, 1.165) is 17.1 Å². The van der Waals surface area contributed by atoms with Crippen LogP contribution in [-0.4, -0.2) is 48.8 Å². The number of hydrogen-bond donors (Lipinski definition) is 1. The Hall–Kier alpha value is -3.06. The number of ether oxygens (including phenoxy) is 2. The largest absolute Gasteiger partial charge is 0.493 e. The molecular weight excluding hydrogens is 368 g/mol. The van der Waals surface area contributed by atoms with Crippen molar-refractivity contribution in [1.29, 1.82) is 0 Å². The third kappa shape index (κ3) is 3.33. The number of anilines is 1. The van der Waals surface area contributed by atoms with Gasteiger partial charge in [0.05, 0.1) is 26.5 Å². The van der Waals surface area contributed by atoms with Gasteiger partial charge >= 0.3 is 0 Å². The molecule has 0 radical (unpaired) electrons. The monoisotopic (exact) mass is 386 g/mol. The summed E-state index contributed by atoms with van der Waals surface area (Å²) in [6.45, 7) is 1.38. The molecule has 1 N–H and O–H groups in total. The van der Waals surface area contributed by atoms with Crippen molar-refractivity contribution in [2.24, 2.45) is 4.99 Å². The molecular formula is C19H19ClN4O3. The summed E-state index contributed by atoms with van der Waals surface area (Å²) in [6.07, 6.45) is 4.78. The van der Waals surface area contributed by atoms with E-state index in [1.807, 2.05) is 17.0 Å². The van der Waals surface area contributed by atoms with Gasteiger partial charge in [0, 0.05) is 42.2 Å². The number of allylic oxidation sites excluding steroid dienone is 1. The Morgan fingerprint density at radius 3 is 2.74 bits per heavy atom. The second-order valence-corrected chi connectivity index (χ2v) is 5.87. The van der Waals surface area contributed by atoms with Gasteiger partial charge in [-0.25, -0.2) is 0 Å². The number of aliphatic imine (C=N–C) groups is 1. The van der Waals surface area contributed by atoms with Crippen LogP contribution in [0.25, 0.3) is 0 Å². The Labute approximate surface area is 163 Å². The number of halogens is 1. The van der Waals surface area contributed by atoms with Gasteiger partial charge in [0.25, 0.3) is 0 Å². The lowest BCUT2D eigenvalue weighted by atomic mass is 10.1. The van der Waals surface area contributed by atoms with E-state index in [9.17, 15) is 4.79 Å². The van der Waals surface area contributed by atoms with Crippen molar-refractivity contribution in [2.45, 2.75) is 0 Å². The highest BCUT2D eigenvalue weighted by molar-refractivity contribution is 6.10. The zero-order chi connectivity index (χ0) is 18.1. The number of pyridine rings is 1. The second-order valence-electron chi connectivity index (χ2n) is 5.87. The SMILES string of the molecule is COc1cc2c(cc1OC)C1=NCCN1C(=CC(=O)c1cccnc1)N2.Cl. The zero-order valence-electron chi connectivity index (χ0n) is 14.9. The standard InChI is InChI=1S/C19H18N4O3.ClH/c1-25-16-8-13-14(9-17(16)26-2)22-18(23-7-6-21-19(13)23)10-15(24)12-4-3-5-20-11-12;/h3-5,8-11,22H,6-7H2,1-2H3;1H. The van der Waals surface area contributed by atoms with Crippen molar-refractivity contribution in [1.82, 2.24) is 9.88 Å². The number of carbonyl (C=O) groups is 1. The van der Waals surface area contributed by atoms with Crippen LogP contribution in [0.4, 0.5) is 5.69 Å². The van der Waals surface area contributed by atoms with Gasteiger partial charge in [-0.05, 0) is 18.2 Å². The maximum Gasteiger partial charge on any atom is 0.191 e. The van der Waals surface area contributed by atoms with Crippen LogP contribution < -0.4 is 14.8 Å². The molecule has 3 heterocycles. The van der Waals surface area contributed by atoms with Crippen molar-refractivity contribution in [3.8, 4) is 11.5 Å². The number of fused-ring (bicyclic) bond motifs is 3. The van der Waals surface area contributed by atoms with E-state index >= 15 is 0 Å². The summed E-state index contributed by atoms with van der Waals surface area (Å²) in [5.41, 5.74) is 2.29. The van der Waals surface area contributed by atoms with E-state index in [0.29, 0.717) is 36.0 Å². The Bertz CT molecular complexity index is 928. The van der Waals surface area contributed by atoms with Gasteiger partial charge in [0.15, 0.2) is 17.3 Å². The number of aromatic nitrogens is 1. The van der Waals surface area contributed by atoms with Gasteiger partial charge < -0.3 is 19.7 Å². The van der Waals surface area contributed by atoms with Crippen LogP contribution in [-0.2, 0) is 0 Å². The van der Waals surface area contributed by atoms with E-state index in [1.54, 1.807) is 44.8 Å². The maximum atomic E-state index is 12.6. The molecule has 0 atom stereocenters. The number of benzene rings is 1. The molecule has 2 aliphatic rings. The molecule has 8 heteroatoms. The normalized spacial score (nSPS) is 15.9. The molecule has 0 saturated heterocycles. The Kier molecular flexibility index (Phi) is 5.32. The summed E-state index contributed by atoms with van der Waals surface area (Å²) >= 11 is 0. The van der Waals surface area contributed by atoms with Crippen LogP contribution in [0.1, 0.15) is 15.9 Å². The molecule has 0 spiro atoms. The summed E-state index contributed by atoms with van der Waals surface area (Å²) in [7, 11) is 3.20. The molecule has 0 amide bonds. The molecule has 1 aromatic heterocycles. The molecule has 0 fully saturated rings. The maximum absolute atomic E-state index is 12.6. The van der Waals surface area contributed by atoms with Crippen LogP contribution in [0, 0.1) is 0 Å². The summed E-state index contributed by atoms with van der Waals surface area (Å²) in [4.78, 5) is 23.2. The first-order chi connectivity index (χ1) is 12.7. The van der Waals surface area contributed by atoms with Crippen LogP contribution >= 0.6 is 12.4 Å². The van der Waals surface area contributed by atoms with Gasteiger partial charge in [-0.3, -0.25) is 14.8 Å². The number of hydrogen-bond acceptors (Lipinski definition) is 7. The average Bonchev–Trinajstić information content (AvgIpc) is 3.18. The quantitative estimate of drug-likeness (QED) is 0.643. The van der Waals surface area contributed by atoms with Crippen molar-refractivity contribution >= 4 is 29.7 Å². The molecule has 140 valence electrons. The summed E-state index contributed by atoms with van der Waals surface area (Å²) in [5.74, 6) is 2.65. The molecule has 27 heavy (non-hydrogen) atoms. The fourth-order valence-electron chi connectivity index (χ4n) is 3.12. The minimum absolute atomic E-state index is 0. The smallest absolute Gasteiger partial charge is 0.191 e. The lowest BCUT2D eigenvalue weighted by molar-refractivity contribution is 0.104. The minimum Gasteiger partial charge on any atom is -0.493 e. The van der Waals surface area contributed by atoms with E-state index in [1.165, 1.54) is 0 Å². The third-order valence-corrected chi connectivity index (χ3v) is 4.37. The third-order valence-electron chi connectivity index (χ3n) is 4.37. The predicted octanol–water partition coefficient (Wildman–Crippen LogP) is 2.73. The van der Waals surface area contributed by atoms with Crippen LogP contribution in [0.5, 0.6) is 11.5 Å². The van der Waals surface area contributed by atoms with Crippen LogP contribution in [0.2, 0.25) is 0 Å². The number of nitrogens with one attached hydrogen (secondary N) is 1. The highest BCUT2D eigenvalue weighted by Crippen LogP contribution is 2.38. The van der Waals surface area contributed by atoms with Crippen LogP contribution in [0.3, 0.4) is 0 Å². The molecule has 0 saturated carbocycles. The Morgan fingerprint density at radius 2 is 2.04 bits per heavy atom. The molecule has 0 unspecified atom stereocenters. The first kappa shape index (κ1) is 18.7. The molecule has 0 bridgehead atoms. The topological polar surface area (TPSA) is 76.1 Å². The summed E-state index contributed by atoms with van der Waals surface area (Å²) in [5, 5.41) is 3.32. The summed E-state index contributed by atoms with van der Waals surface area (Å²) in [6, 6.07) is 7.25. The number of amidine groups is 1. The highest BCUT2D eigenvalue weighted by atomic mass is 35.5. The van der Waals surface area contributed by atoms with Crippen molar-refractivity contribution < 1.29 is 14.3 Å². The molecule has 2 aromatic rings. The minimum atomic E-state index is -0.115. The number of carbonyl (C=O) groups excluding carboxylic acids is 1. The lowest BCUT2D eigenvalue weighted by Crippen LogP contribution is -2.36. The number of nitrogens with zero attached hydrogens (tertiary/aromatic N) is 3. The van der Waals surface area contributed by atoms with E-state index in [4.69, 9.17) is 9.47 Å². The first-order valence-corrected chi connectivity index (χ1v) is 8.22. The van der Waals surface area contributed by atoms with Crippen molar-refractivity contribution in [3.63, 3.8) is 0 Å². The molecule has 0 aliphatic carbocycles. The number of methoxy groups -OCH3 is 2. The van der Waals surface area contributed by atoms with Gasteiger partial charge in [-0.15, -0.1) is 12.4 Å². The van der Waals surface area contributed by atoms with E-state index in [-0.39, 0.29) is 18.2 Å². The Balaban J connectivity index is 0.00000210. The Morgan fingerprint density at radius 1 is 1.26 bits per heavy atom. The van der Waals surface area contributed by atoms with E-state index < -0.39 is 0 Å². The highest BCUT2D eigenvalue weighted by Gasteiger charge is 2.31. The summed E-state index contributed by atoms with van der Waals surface area (Å²) < 4.78 is 10.8.